The first kappa shape index (κ1) is 22.0. The van der Waals surface area contributed by atoms with Gasteiger partial charge in [-0.05, 0) is 100 Å². The fourth-order valence-electron chi connectivity index (χ4n) is 5.48. The van der Waals surface area contributed by atoms with Gasteiger partial charge in [-0.2, -0.15) is 0 Å². The Labute approximate surface area is 186 Å². The van der Waals surface area contributed by atoms with Gasteiger partial charge in [0.1, 0.15) is 0 Å². The first-order chi connectivity index (χ1) is 14.7. The molecule has 0 spiro atoms. The van der Waals surface area contributed by atoms with Gasteiger partial charge in [-0.3, -0.25) is 0 Å². The summed E-state index contributed by atoms with van der Waals surface area (Å²) in [5.41, 5.74) is 5.69. The van der Waals surface area contributed by atoms with Gasteiger partial charge in [0.2, 0.25) is 0 Å². The summed E-state index contributed by atoms with van der Waals surface area (Å²) in [6.45, 7) is 8.45. The topological polar surface area (TPSA) is 36.4 Å². The monoisotopic (exact) mass is 426 g/mol. The summed E-state index contributed by atoms with van der Waals surface area (Å²) in [6, 6.07) is 7.20. The molecular formula is C26H38N2OS. The number of rotatable bonds is 8. The number of piperidine rings is 1. The van der Waals surface area contributed by atoms with Crippen molar-refractivity contribution in [3.63, 3.8) is 0 Å². The lowest BCUT2D eigenvalue weighted by Crippen LogP contribution is -2.33. The van der Waals surface area contributed by atoms with Crippen molar-refractivity contribution in [1.29, 1.82) is 0 Å². The van der Waals surface area contributed by atoms with Gasteiger partial charge in [0.05, 0.1) is 10.7 Å². The van der Waals surface area contributed by atoms with Crippen LogP contribution in [0.1, 0.15) is 99.1 Å². The van der Waals surface area contributed by atoms with E-state index in [-0.39, 0.29) is 0 Å². The van der Waals surface area contributed by atoms with Crippen LogP contribution >= 0.6 is 11.3 Å². The van der Waals surface area contributed by atoms with Gasteiger partial charge in [-0.15, -0.1) is 11.3 Å². The Kier molecular flexibility index (Phi) is 7.61. The van der Waals surface area contributed by atoms with E-state index in [1.165, 1.54) is 67.9 Å². The molecule has 1 N–H and O–H groups in total. The number of likely N-dealkylation sites (tertiary alicyclic amines) is 1. The van der Waals surface area contributed by atoms with Crippen LogP contribution < -0.4 is 0 Å². The highest BCUT2D eigenvalue weighted by Gasteiger charge is 2.26. The lowest BCUT2D eigenvalue weighted by Gasteiger charge is -2.31. The molecule has 3 nitrogen and oxygen atoms in total. The molecule has 0 amide bonds. The number of aromatic nitrogens is 1. The minimum atomic E-state index is 0.319. The Morgan fingerprint density at radius 3 is 2.43 bits per heavy atom. The van der Waals surface area contributed by atoms with Crippen molar-refractivity contribution in [2.24, 2.45) is 0 Å². The van der Waals surface area contributed by atoms with Crippen LogP contribution in [-0.4, -0.2) is 41.2 Å². The predicted octanol–water partition coefficient (Wildman–Crippen LogP) is 6.54. The number of hydrogen-bond donors (Lipinski definition) is 1. The average Bonchev–Trinajstić information content (AvgIpc) is 3.29. The maximum atomic E-state index is 8.98. The fraction of sp³-hybridized carbons (Fsp3) is 0.654. The zero-order chi connectivity index (χ0) is 20.9. The minimum absolute atomic E-state index is 0.319. The molecule has 2 aromatic rings. The normalized spacial score (nSPS) is 22.9. The van der Waals surface area contributed by atoms with Crippen LogP contribution in [0.25, 0.3) is 11.3 Å². The fourth-order valence-corrected chi connectivity index (χ4v) is 6.48. The standard InChI is InChI=1S/C26H38N2OS/c1-3-19-7-8-20(4-2)24-17-22(9-10-23(19)24)25-18-30-26(27-25)21-11-14-28(15-12-21)13-5-6-16-29/h9-10,17-21,29H,3-8,11-16H2,1-2H3. The number of benzene rings is 1. The molecule has 1 fully saturated rings. The third-order valence-corrected chi connectivity index (χ3v) is 8.46. The van der Waals surface area contributed by atoms with Crippen LogP contribution in [0.3, 0.4) is 0 Å². The molecule has 0 radical (unpaired) electrons. The number of nitrogens with zero attached hydrogens (tertiary/aromatic N) is 2. The van der Waals surface area contributed by atoms with E-state index in [9.17, 15) is 0 Å². The van der Waals surface area contributed by atoms with Crippen molar-refractivity contribution in [2.45, 2.75) is 83.0 Å². The van der Waals surface area contributed by atoms with Gasteiger partial charge in [-0.1, -0.05) is 26.0 Å². The van der Waals surface area contributed by atoms with Crippen molar-refractivity contribution in [2.75, 3.05) is 26.2 Å². The van der Waals surface area contributed by atoms with Crippen molar-refractivity contribution < 1.29 is 5.11 Å². The summed E-state index contributed by atoms with van der Waals surface area (Å²) in [5, 5.41) is 12.6. The second-order valence-electron chi connectivity index (χ2n) is 9.25. The van der Waals surface area contributed by atoms with Crippen LogP contribution in [0.2, 0.25) is 0 Å². The quantitative estimate of drug-likeness (QED) is 0.487. The van der Waals surface area contributed by atoms with E-state index < -0.39 is 0 Å². The molecule has 0 saturated carbocycles. The van der Waals surface area contributed by atoms with Crippen molar-refractivity contribution >= 4 is 11.3 Å². The first-order valence-corrected chi connectivity index (χ1v) is 13.0. The van der Waals surface area contributed by atoms with E-state index in [1.54, 1.807) is 11.1 Å². The SMILES string of the molecule is CCC1CCC(CC)c2cc(-c3csc(C4CCN(CCCCO)CC4)n3)ccc21. The average molecular weight is 427 g/mol. The molecular weight excluding hydrogens is 388 g/mol. The Balaban J connectivity index is 1.44. The molecule has 1 aliphatic heterocycles. The predicted molar refractivity (Wildman–Crippen MR) is 128 cm³/mol. The van der Waals surface area contributed by atoms with E-state index >= 15 is 0 Å². The van der Waals surface area contributed by atoms with E-state index in [4.69, 9.17) is 10.1 Å². The lowest BCUT2D eigenvalue weighted by atomic mass is 9.74. The van der Waals surface area contributed by atoms with Gasteiger partial charge in [0, 0.05) is 23.5 Å². The van der Waals surface area contributed by atoms with Crippen molar-refractivity contribution in [3.05, 3.63) is 39.7 Å². The van der Waals surface area contributed by atoms with E-state index in [0.717, 1.165) is 31.2 Å². The van der Waals surface area contributed by atoms with Crippen LogP contribution in [0, 0.1) is 0 Å². The molecule has 1 aromatic heterocycles. The van der Waals surface area contributed by atoms with E-state index in [2.05, 4.69) is 42.3 Å². The maximum Gasteiger partial charge on any atom is 0.0964 e. The van der Waals surface area contributed by atoms with Gasteiger partial charge < -0.3 is 10.0 Å². The number of aliphatic hydroxyl groups is 1. The van der Waals surface area contributed by atoms with Crippen LogP contribution in [0.4, 0.5) is 0 Å². The number of aliphatic hydroxyl groups excluding tert-OH is 1. The molecule has 0 bridgehead atoms. The minimum Gasteiger partial charge on any atom is -0.396 e. The zero-order valence-electron chi connectivity index (χ0n) is 18.8. The summed E-state index contributed by atoms with van der Waals surface area (Å²) in [7, 11) is 0. The maximum absolute atomic E-state index is 8.98. The highest BCUT2D eigenvalue weighted by Crippen LogP contribution is 2.43. The van der Waals surface area contributed by atoms with Crippen LogP contribution in [0.5, 0.6) is 0 Å². The highest BCUT2D eigenvalue weighted by atomic mass is 32.1. The molecule has 4 heteroatoms. The Bertz CT molecular complexity index is 809. The van der Waals surface area contributed by atoms with Gasteiger partial charge >= 0.3 is 0 Å². The third-order valence-electron chi connectivity index (χ3n) is 7.45. The largest absolute Gasteiger partial charge is 0.396 e. The van der Waals surface area contributed by atoms with Crippen molar-refractivity contribution in [1.82, 2.24) is 9.88 Å². The molecule has 4 rings (SSSR count). The number of thiazole rings is 1. The zero-order valence-corrected chi connectivity index (χ0v) is 19.6. The molecule has 2 unspecified atom stereocenters. The van der Waals surface area contributed by atoms with E-state index in [0.29, 0.717) is 12.5 Å². The molecule has 2 aliphatic rings. The third kappa shape index (κ3) is 4.81. The van der Waals surface area contributed by atoms with Crippen LogP contribution in [-0.2, 0) is 0 Å². The summed E-state index contributed by atoms with van der Waals surface area (Å²) < 4.78 is 0. The summed E-state index contributed by atoms with van der Waals surface area (Å²) in [6.07, 6.45) is 9.64. The second kappa shape index (κ2) is 10.4. The van der Waals surface area contributed by atoms with Gasteiger partial charge in [0.15, 0.2) is 0 Å². The number of hydrogen-bond acceptors (Lipinski definition) is 4. The first-order valence-electron chi connectivity index (χ1n) is 12.2. The Morgan fingerprint density at radius 1 is 1.00 bits per heavy atom. The molecule has 30 heavy (non-hydrogen) atoms. The molecule has 1 saturated heterocycles. The number of unbranched alkanes of at least 4 members (excludes halogenated alkanes) is 1. The summed E-state index contributed by atoms with van der Waals surface area (Å²) in [4.78, 5) is 7.67. The highest BCUT2D eigenvalue weighted by molar-refractivity contribution is 7.10. The summed E-state index contributed by atoms with van der Waals surface area (Å²) in [5.74, 6) is 2.07. The molecule has 164 valence electrons. The Morgan fingerprint density at radius 2 is 1.73 bits per heavy atom. The molecule has 2 heterocycles. The van der Waals surface area contributed by atoms with Gasteiger partial charge in [-0.25, -0.2) is 4.98 Å². The molecule has 2 atom stereocenters. The second-order valence-corrected chi connectivity index (χ2v) is 10.1. The van der Waals surface area contributed by atoms with Crippen molar-refractivity contribution in [3.8, 4) is 11.3 Å². The van der Waals surface area contributed by atoms with Crippen LogP contribution in [0.15, 0.2) is 23.6 Å². The Hall–Kier alpha value is -1.23. The van der Waals surface area contributed by atoms with Gasteiger partial charge in [0.25, 0.3) is 0 Å². The molecule has 1 aliphatic carbocycles. The van der Waals surface area contributed by atoms with E-state index in [1.807, 2.05) is 11.3 Å². The lowest BCUT2D eigenvalue weighted by molar-refractivity contribution is 0.199. The number of fused-ring (bicyclic) bond motifs is 1. The smallest absolute Gasteiger partial charge is 0.0964 e. The summed E-state index contributed by atoms with van der Waals surface area (Å²) >= 11 is 1.86. The molecule has 1 aromatic carbocycles.